The molecule has 0 bridgehead atoms. The Hall–Kier alpha value is -0.120. The third kappa shape index (κ3) is 3.93. The van der Waals surface area contributed by atoms with Crippen molar-refractivity contribution in [1.82, 2.24) is 4.90 Å². The summed E-state index contributed by atoms with van der Waals surface area (Å²) in [6.45, 7) is 10.8. The van der Waals surface area contributed by atoms with Crippen LogP contribution in [0, 0.1) is 23.2 Å². The van der Waals surface area contributed by atoms with Crippen LogP contribution in [-0.4, -0.2) is 42.3 Å². The summed E-state index contributed by atoms with van der Waals surface area (Å²) < 4.78 is 0. The van der Waals surface area contributed by atoms with Crippen LogP contribution in [0.5, 0.6) is 0 Å². The van der Waals surface area contributed by atoms with Gasteiger partial charge in [0.25, 0.3) is 0 Å². The Balaban J connectivity index is 1.87. The first-order valence-corrected chi connectivity index (χ1v) is 7.99. The summed E-state index contributed by atoms with van der Waals surface area (Å²) in [4.78, 5) is 2.52. The van der Waals surface area contributed by atoms with Crippen LogP contribution >= 0.6 is 0 Å². The molecule has 3 N–H and O–H groups in total. The predicted octanol–water partition coefficient (Wildman–Crippen LogP) is 2.09. The number of rotatable bonds is 3. The van der Waals surface area contributed by atoms with Gasteiger partial charge < -0.3 is 15.7 Å². The second-order valence-corrected chi connectivity index (χ2v) is 7.90. The molecule has 3 nitrogen and oxygen atoms in total. The van der Waals surface area contributed by atoms with Gasteiger partial charge in [0.15, 0.2) is 0 Å². The minimum Gasteiger partial charge on any atom is -0.396 e. The first-order valence-electron chi connectivity index (χ1n) is 7.99. The average molecular weight is 268 g/mol. The third-order valence-electron chi connectivity index (χ3n) is 5.39. The molecule has 4 unspecified atom stereocenters. The standard InChI is InChI=1S/C16H32N2O/c1-16(2,3)14-4-5-15(17)13(8-14)10-18-7-6-12(9-18)11-19/h12-15,19H,4-11,17H2,1-3H3. The van der Waals surface area contributed by atoms with Gasteiger partial charge in [-0.3, -0.25) is 0 Å². The summed E-state index contributed by atoms with van der Waals surface area (Å²) in [6.07, 6.45) is 4.91. The number of hydrogen-bond donors (Lipinski definition) is 2. The molecule has 1 saturated carbocycles. The monoisotopic (exact) mass is 268 g/mol. The van der Waals surface area contributed by atoms with E-state index in [1.165, 1.54) is 19.3 Å². The molecule has 4 atom stereocenters. The van der Waals surface area contributed by atoms with Gasteiger partial charge in [-0.1, -0.05) is 20.8 Å². The van der Waals surface area contributed by atoms with E-state index in [1.807, 2.05) is 0 Å². The van der Waals surface area contributed by atoms with E-state index in [1.54, 1.807) is 0 Å². The fourth-order valence-corrected chi connectivity index (χ4v) is 3.84. The first kappa shape index (κ1) is 15.3. The Labute approximate surface area is 118 Å². The minimum absolute atomic E-state index is 0.345. The van der Waals surface area contributed by atoms with Crippen LogP contribution in [0.25, 0.3) is 0 Å². The SMILES string of the molecule is CC(C)(C)C1CCC(N)C(CN2CCC(CO)C2)C1. The van der Waals surface area contributed by atoms with Gasteiger partial charge in [0, 0.05) is 25.7 Å². The number of likely N-dealkylation sites (tertiary alicyclic amines) is 1. The summed E-state index contributed by atoms with van der Waals surface area (Å²) in [7, 11) is 0. The highest BCUT2D eigenvalue weighted by atomic mass is 16.3. The smallest absolute Gasteiger partial charge is 0.0471 e. The zero-order chi connectivity index (χ0) is 14.0. The summed E-state index contributed by atoms with van der Waals surface area (Å²) >= 11 is 0. The molecule has 0 aromatic carbocycles. The zero-order valence-electron chi connectivity index (χ0n) is 12.9. The predicted molar refractivity (Wildman–Crippen MR) is 79.9 cm³/mol. The van der Waals surface area contributed by atoms with Crippen molar-refractivity contribution < 1.29 is 5.11 Å². The highest BCUT2D eigenvalue weighted by molar-refractivity contribution is 4.90. The van der Waals surface area contributed by atoms with E-state index in [0.29, 0.717) is 29.9 Å². The van der Waals surface area contributed by atoms with Crippen molar-refractivity contribution in [2.45, 2.75) is 52.5 Å². The zero-order valence-corrected chi connectivity index (χ0v) is 12.9. The van der Waals surface area contributed by atoms with Gasteiger partial charge in [-0.2, -0.15) is 0 Å². The number of aliphatic hydroxyl groups excluding tert-OH is 1. The Morgan fingerprint density at radius 3 is 2.53 bits per heavy atom. The van der Waals surface area contributed by atoms with E-state index < -0.39 is 0 Å². The number of hydrogen-bond acceptors (Lipinski definition) is 3. The minimum atomic E-state index is 0.345. The Kier molecular flexibility index (Phi) is 4.91. The van der Waals surface area contributed by atoms with Crippen molar-refractivity contribution in [2.75, 3.05) is 26.2 Å². The van der Waals surface area contributed by atoms with Crippen LogP contribution in [0.1, 0.15) is 46.5 Å². The Morgan fingerprint density at radius 2 is 1.95 bits per heavy atom. The molecular weight excluding hydrogens is 236 g/mol. The van der Waals surface area contributed by atoms with Gasteiger partial charge in [0.2, 0.25) is 0 Å². The fraction of sp³-hybridized carbons (Fsp3) is 1.00. The van der Waals surface area contributed by atoms with E-state index >= 15 is 0 Å². The van der Waals surface area contributed by atoms with Crippen LogP contribution in [0.3, 0.4) is 0 Å². The maximum absolute atomic E-state index is 9.24. The number of nitrogens with zero attached hydrogens (tertiary/aromatic N) is 1. The molecule has 1 aliphatic heterocycles. The van der Waals surface area contributed by atoms with E-state index in [4.69, 9.17) is 5.73 Å². The van der Waals surface area contributed by atoms with Crippen LogP contribution in [0.2, 0.25) is 0 Å². The number of nitrogens with two attached hydrogens (primary N) is 1. The second kappa shape index (κ2) is 6.11. The highest BCUT2D eigenvalue weighted by Gasteiger charge is 2.36. The molecule has 0 aromatic heterocycles. The maximum Gasteiger partial charge on any atom is 0.0471 e. The van der Waals surface area contributed by atoms with Crippen LogP contribution in [0.4, 0.5) is 0 Å². The molecule has 112 valence electrons. The van der Waals surface area contributed by atoms with Crippen LogP contribution in [0.15, 0.2) is 0 Å². The molecule has 0 aromatic rings. The molecule has 3 heteroatoms. The van der Waals surface area contributed by atoms with Gasteiger partial charge in [-0.25, -0.2) is 0 Å². The normalized spacial score (nSPS) is 37.7. The first-order chi connectivity index (χ1) is 8.90. The second-order valence-electron chi connectivity index (χ2n) is 7.90. The molecule has 1 heterocycles. The van der Waals surface area contributed by atoms with E-state index in [0.717, 1.165) is 32.0 Å². The summed E-state index contributed by atoms with van der Waals surface area (Å²) in [5.41, 5.74) is 6.77. The highest BCUT2D eigenvalue weighted by Crippen LogP contribution is 2.40. The summed E-state index contributed by atoms with van der Waals surface area (Å²) in [6, 6.07) is 0.381. The molecule has 1 aliphatic carbocycles. The molecule has 0 amide bonds. The van der Waals surface area contributed by atoms with Crippen molar-refractivity contribution in [3.63, 3.8) is 0 Å². The lowest BCUT2D eigenvalue weighted by Gasteiger charge is -2.41. The molecule has 2 rings (SSSR count). The van der Waals surface area contributed by atoms with E-state index in [2.05, 4.69) is 25.7 Å². The quantitative estimate of drug-likeness (QED) is 0.824. The lowest BCUT2D eigenvalue weighted by Crippen LogP contribution is -2.44. The topological polar surface area (TPSA) is 49.5 Å². The van der Waals surface area contributed by atoms with Crippen LogP contribution in [-0.2, 0) is 0 Å². The van der Waals surface area contributed by atoms with Gasteiger partial charge in [0.05, 0.1) is 0 Å². The van der Waals surface area contributed by atoms with Gasteiger partial charge in [-0.05, 0) is 55.4 Å². The number of aliphatic hydroxyl groups is 1. The van der Waals surface area contributed by atoms with E-state index in [9.17, 15) is 5.11 Å². The maximum atomic E-state index is 9.24. The van der Waals surface area contributed by atoms with Crippen molar-refractivity contribution in [3.05, 3.63) is 0 Å². The summed E-state index contributed by atoms with van der Waals surface area (Å²) in [5, 5.41) is 9.24. The average Bonchev–Trinajstić information content (AvgIpc) is 2.78. The molecule has 0 spiro atoms. The van der Waals surface area contributed by atoms with Gasteiger partial charge in [-0.15, -0.1) is 0 Å². The van der Waals surface area contributed by atoms with Crippen molar-refractivity contribution >= 4 is 0 Å². The van der Waals surface area contributed by atoms with E-state index in [-0.39, 0.29) is 0 Å². The largest absolute Gasteiger partial charge is 0.396 e. The lowest BCUT2D eigenvalue weighted by atomic mass is 9.67. The lowest BCUT2D eigenvalue weighted by molar-refractivity contribution is 0.103. The molecule has 2 fully saturated rings. The molecule has 1 saturated heterocycles. The fourth-order valence-electron chi connectivity index (χ4n) is 3.84. The van der Waals surface area contributed by atoms with Crippen LogP contribution < -0.4 is 5.73 Å². The molecule has 2 aliphatic rings. The van der Waals surface area contributed by atoms with Gasteiger partial charge in [0.1, 0.15) is 0 Å². The molecular formula is C16H32N2O. The van der Waals surface area contributed by atoms with Crippen molar-refractivity contribution in [1.29, 1.82) is 0 Å². The summed E-state index contributed by atoms with van der Waals surface area (Å²) in [5.74, 6) is 1.96. The third-order valence-corrected chi connectivity index (χ3v) is 5.39. The van der Waals surface area contributed by atoms with Crippen molar-refractivity contribution in [3.8, 4) is 0 Å². The Morgan fingerprint density at radius 1 is 1.21 bits per heavy atom. The van der Waals surface area contributed by atoms with Crippen molar-refractivity contribution in [2.24, 2.45) is 28.9 Å². The molecule has 19 heavy (non-hydrogen) atoms. The molecule has 0 radical (unpaired) electrons. The van der Waals surface area contributed by atoms with Gasteiger partial charge >= 0.3 is 0 Å². The Bertz CT molecular complexity index is 287.